The van der Waals surface area contributed by atoms with Crippen LogP contribution in [0.15, 0.2) is 42.5 Å². The topological polar surface area (TPSA) is 87.7 Å². The molecule has 2 aliphatic heterocycles. The second kappa shape index (κ2) is 7.95. The summed E-state index contributed by atoms with van der Waals surface area (Å²) in [6, 6.07) is 12.7. The Kier molecular flexibility index (Phi) is 5.20. The van der Waals surface area contributed by atoms with E-state index < -0.39 is 0 Å². The predicted molar refractivity (Wildman–Crippen MR) is 108 cm³/mol. The number of nitrogens with zero attached hydrogens (tertiary/aromatic N) is 1. The summed E-state index contributed by atoms with van der Waals surface area (Å²) in [5, 5.41) is 5.79. The number of urea groups is 1. The first-order valence-corrected chi connectivity index (χ1v) is 9.71. The number of ether oxygens (including phenoxy) is 1. The zero-order valence-electron chi connectivity index (χ0n) is 16.2. The van der Waals surface area contributed by atoms with E-state index in [1.807, 2.05) is 31.2 Å². The third kappa shape index (κ3) is 4.08. The number of nitrogens with one attached hydrogen (secondary N) is 2. The van der Waals surface area contributed by atoms with E-state index in [0.717, 1.165) is 16.9 Å². The van der Waals surface area contributed by atoms with Gasteiger partial charge in [0.15, 0.2) is 0 Å². The number of amides is 4. The van der Waals surface area contributed by atoms with Crippen LogP contribution in [-0.2, 0) is 22.6 Å². The minimum atomic E-state index is -0.346. The number of anilines is 1. The van der Waals surface area contributed by atoms with Gasteiger partial charge in [-0.3, -0.25) is 14.5 Å². The number of carbonyl (C=O) groups excluding carboxylic acids is 3. The summed E-state index contributed by atoms with van der Waals surface area (Å²) in [5.74, 6) is 0.543. The lowest BCUT2D eigenvalue weighted by Crippen LogP contribution is -2.44. The Morgan fingerprint density at radius 3 is 2.66 bits per heavy atom. The normalized spacial score (nSPS) is 18.2. The molecule has 150 valence electrons. The number of imide groups is 1. The van der Waals surface area contributed by atoms with Crippen molar-refractivity contribution in [3.05, 3.63) is 59.2 Å². The highest BCUT2D eigenvalue weighted by Gasteiger charge is 2.29. The number of fused-ring (bicyclic) bond motifs is 1. The third-order valence-corrected chi connectivity index (χ3v) is 5.27. The summed E-state index contributed by atoms with van der Waals surface area (Å²) in [4.78, 5) is 37.6. The van der Waals surface area contributed by atoms with Gasteiger partial charge in [0.2, 0.25) is 11.8 Å². The Balaban J connectivity index is 1.40. The number of rotatable bonds is 4. The first-order valence-electron chi connectivity index (χ1n) is 9.71. The number of hydrogen-bond donors (Lipinski definition) is 2. The highest BCUT2D eigenvalue weighted by molar-refractivity contribution is 6.02. The summed E-state index contributed by atoms with van der Waals surface area (Å²) in [6.07, 6.45) is 1.19. The molecule has 1 unspecified atom stereocenters. The van der Waals surface area contributed by atoms with Crippen molar-refractivity contribution in [2.45, 2.75) is 38.8 Å². The van der Waals surface area contributed by atoms with Gasteiger partial charge in [-0.1, -0.05) is 36.4 Å². The molecule has 4 rings (SSSR count). The average Bonchev–Trinajstić information content (AvgIpc) is 3.01. The highest BCUT2D eigenvalue weighted by atomic mass is 16.5. The standard InChI is InChI=1S/C22H23N3O4/c1-14-5-4-7-15-11-17(13-29-21(14)15)23-22(28)24-18-8-3-2-6-16(18)12-25-19(26)9-10-20(25)27/h2-8,17H,9-13H2,1H3,(H2,23,24,28). The SMILES string of the molecule is Cc1cccc2c1OCC(NC(=O)Nc1ccccc1CN1C(=O)CCC1=O)C2. The zero-order chi connectivity index (χ0) is 20.4. The van der Waals surface area contributed by atoms with Gasteiger partial charge in [0.1, 0.15) is 12.4 Å². The van der Waals surface area contributed by atoms with Crippen LogP contribution in [0.5, 0.6) is 5.75 Å². The molecule has 2 aliphatic rings. The molecule has 0 saturated carbocycles. The van der Waals surface area contributed by atoms with Crippen LogP contribution in [0.4, 0.5) is 10.5 Å². The van der Waals surface area contributed by atoms with Gasteiger partial charge in [-0.25, -0.2) is 4.79 Å². The molecule has 4 amide bonds. The van der Waals surface area contributed by atoms with Gasteiger partial charge in [0.05, 0.1) is 12.6 Å². The van der Waals surface area contributed by atoms with Crippen LogP contribution in [0.25, 0.3) is 0 Å². The van der Waals surface area contributed by atoms with Crippen LogP contribution in [0.2, 0.25) is 0 Å². The van der Waals surface area contributed by atoms with Crippen LogP contribution in [-0.4, -0.2) is 35.4 Å². The predicted octanol–water partition coefficient (Wildman–Crippen LogP) is 2.77. The molecule has 1 atom stereocenters. The number of aryl methyl sites for hydroxylation is 1. The Bertz CT molecular complexity index is 956. The van der Waals surface area contributed by atoms with E-state index >= 15 is 0 Å². The monoisotopic (exact) mass is 393 g/mol. The van der Waals surface area contributed by atoms with E-state index in [-0.39, 0.29) is 43.3 Å². The van der Waals surface area contributed by atoms with Gasteiger partial charge >= 0.3 is 6.03 Å². The molecule has 2 N–H and O–H groups in total. The van der Waals surface area contributed by atoms with Crippen LogP contribution >= 0.6 is 0 Å². The molecule has 0 radical (unpaired) electrons. The van der Waals surface area contributed by atoms with Gasteiger partial charge in [-0.2, -0.15) is 0 Å². The lowest BCUT2D eigenvalue weighted by molar-refractivity contribution is -0.139. The lowest BCUT2D eigenvalue weighted by atomic mass is 10.00. The molecule has 2 aromatic carbocycles. The van der Waals surface area contributed by atoms with Crippen molar-refractivity contribution in [3.63, 3.8) is 0 Å². The van der Waals surface area contributed by atoms with Crippen LogP contribution in [0.1, 0.15) is 29.5 Å². The van der Waals surface area contributed by atoms with Crippen molar-refractivity contribution in [1.29, 1.82) is 0 Å². The van der Waals surface area contributed by atoms with E-state index in [0.29, 0.717) is 24.3 Å². The number of likely N-dealkylation sites (tertiary alicyclic amines) is 1. The quantitative estimate of drug-likeness (QED) is 0.782. The molecular formula is C22H23N3O4. The fourth-order valence-electron chi connectivity index (χ4n) is 3.78. The van der Waals surface area contributed by atoms with E-state index in [9.17, 15) is 14.4 Å². The van der Waals surface area contributed by atoms with Gasteiger partial charge in [-0.15, -0.1) is 0 Å². The molecule has 0 aliphatic carbocycles. The molecule has 0 aromatic heterocycles. The van der Waals surface area contributed by atoms with Gasteiger partial charge in [-0.05, 0) is 36.1 Å². The fourth-order valence-corrected chi connectivity index (χ4v) is 3.78. The van der Waals surface area contributed by atoms with Gasteiger partial charge < -0.3 is 15.4 Å². The number of hydrogen-bond acceptors (Lipinski definition) is 4. The number of para-hydroxylation sites is 2. The molecule has 7 heteroatoms. The summed E-state index contributed by atoms with van der Waals surface area (Å²) in [7, 11) is 0. The second-order valence-electron chi connectivity index (χ2n) is 7.40. The summed E-state index contributed by atoms with van der Waals surface area (Å²) >= 11 is 0. The second-order valence-corrected chi connectivity index (χ2v) is 7.40. The lowest BCUT2D eigenvalue weighted by Gasteiger charge is -2.27. The van der Waals surface area contributed by atoms with Crippen molar-refractivity contribution >= 4 is 23.5 Å². The average molecular weight is 393 g/mol. The van der Waals surface area contributed by atoms with Crippen LogP contribution in [0.3, 0.4) is 0 Å². The molecule has 2 aromatic rings. The first-order chi connectivity index (χ1) is 14.0. The van der Waals surface area contributed by atoms with Crippen molar-refractivity contribution in [3.8, 4) is 5.75 Å². The molecule has 2 heterocycles. The van der Waals surface area contributed by atoms with E-state index in [2.05, 4.69) is 10.6 Å². The van der Waals surface area contributed by atoms with Crippen LogP contribution < -0.4 is 15.4 Å². The fraction of sp³-hybridized carbons (Fsp3) is 0.318. The maximum atomic E-state index is 12.6. The van der Waals surface area contributed by atoms with Crippen LogP contribution in [0, 0.1) is 6.92 Å². The third-order valence-electron chi connectivity index (χ3n) is 5.27. The molecule has 1 saturated heterocycles. The summed E-state index contributed by atoms with van der Waals surface area (Å²) < 4.78 is 5.83. The van der Waals surface area contributed by atoms with Gasteiger partial charge in [0, 0.05) is 18.5 Å². The minimum absolute atomic E-state index is 0.141. The molecule has 0 bridgehead atoms. The largest absolute Gasteiger partial charge is 0.491 e. The Morgan fingerprint density at radius 2 is 1.86 bits per heavy atom. The Hall–Kier alpha value is -3.35. The van der Waals surface area contributed by atoms with Crippen molar-refractivity contribution in [2.24, 2.45) is 0 Å². The molecule has 7 nitrogen and oxygen atoms in total. The number of carbonyl (C=O) groups is 3. The molecular weight excluding hydrogens is 370 g/mol. The van der Waals surface area contributed by atoms with Crippen molar-refractivity contribution < 1.29 is 19.1 Å². The zero-order valence-corrected chi connectivity index (χ0v) is 16.2. The first kappa shape index (κ1) is 19.0. The molecule has 29 heavy (non-hydrogen) atoms. The Labute approximate surface area is 169 Å². The van der Waals surface area contributed by atoms with E-state index in [1.54, 1.807) is 18.2 Å². The highest BCUT2D eigenvalue weighted by Crippen LogP contribution is 2.28. The van der Waals surface area contributed by atoms with Crippen molar-refractivity contribution in [2.75, 3.05) is 11.9 Å². The summed E-state index contributed by atoms with van der Waals surface area (Å²) in [5.41, 5.74) is 3.45. The van der Waals surface area contributed by atoms with E-state index in [4.69, 9.17) is 4.74 Å². The van der Waals surface area contributed by atoms with E-state index in [1.165, 1.54) is 4.90 Å². The van der Waals surface area contributed by atoms with Gasteiger partial charge in [0.25, 0.3) is 0 Å². The maximum absolute atomic E-state index is 12.6. The maximum Gasteiger partial charge on any atom is 0.319 e. The Morgan fingerprint density at radius 1 is 1.10 bits per heavy atom. The summed E-state index contributed by atoms with van der Waals surface area (Å²) in [6.45, 7) is 2.57. The minimum Gasteiger partial charge on any atom is -0.491 e. The number of benzene rings is 2. The smallest absolute Gasteiger partial charge is 0.319 e. The van der Waals surface area contributed by atoms with Crippen molar-refractivity contribution in [1.82, 2.24) is 10.2 Å². The molecule has 1 fully saturated rings. The molecule has 0 spiro atoms.